The predicted octanol–water partition coefficient (Wildman–Crippen LogP) is 4.68. The lowest BCUT2D eigenvalue weighted by atomic mass is 9.34. The molecule has 1 aromatic rings. The van der Waals surface area contributed by atoms with Crippen LogP contribution in [0.2, 0.25) is 0 Å². The van der Waals surface area contributed by atoms with E-state index >= 15 is 0 Å². The van der Waals surface area contributed by atoms with E-state index in [0.717, 1.165) is 44.3 Å². The summed E-state index contributed by atoms with van der Waals surface area (Å²) in [5.74, 6) is 1.03. The number of methoxy groups -OCH3 is 1. The Balaban J connectivity index is 1.40. The third-order valence-electron chi connectivity index (χ3n) is 12.4. The summed E-state index contributed by atoms with van der Waals surface area (Å²) in [6.45, 7) is 7.23. The molecule has 4 saturated carbocycles. The van der Waals surface area contributed by atoms with Gasteiger partial charge in [0.05, 0.1) is 31.0 Å². The maximum absolute atomic E-state index is 13.3. The maximum atomic E-state index is 13.3. The summed E-state index contributed by atoms with van der Waals surface area (Å²) < 4.78 is 5.62. The van der Waals surface area contributed by atoms with E-state index in [2.05, 4.69) is 32.9 Å². The van der Waals surface area contributed by atoms with Gasteiger partial charge in [-0.2, -0.15) is 0 Å². The first kappa shape index (κ1) is 24.8. The Morgan fingerprint density at radius 2 is 1.78 bits per heavy atom. The van der Waals surface area contributed by atoms with E-state index in [4.69, 9.17) is 14.5 Å². The predicted molar refractivity (Wildman–Crippen MR) is 138 cm³/mol. The SMILES string of the molecule is COc1ccc2c(c1)C[C@]13CCC4(CC(C)(C)COO4)C[C@]1(O)CC[C@H]1[C@@H]4CC[C@H](O)[C@@]4(C)C[C@H]2[C@@]13O. The molecule has 37 heavy (non-hydrogen) atoms. The molecule has 0 aromatic heterocycles. The Hall–Kier alpha value is -1.18. The standard InChI is InChI=1S/C31H44O6/c1-26(2)16-28(37-36-18-26)11-12-29-14-19-13-20(35-4)5-6-21(19)24-15-27(3)22(7-8-25(27)32)23(31(24,29)34)9-10-30(29,33)17-28/h5-6,13,22-25,32-34H,7-12,14-18H2,1-4H3/t22-,23-,24+,25-,27-,28?,29+,30+,31-/m0/s1. The zero-order valence-corrected chi connectivity index (χ0v) is 22.9. The highest BCUT2D eigenvalue weighted by molar-refractivity contribution is 5.47. The molecule has 5 aliphatic carbocycles. The fourth-order valence-corrected chi connectivity index (χ4v) is 11.0. The van der Waals surface area contributed by atoms with Crippen LogP contribution in [0.1, 0.15) is 95.6 Å². The number of hydrogen-bond donors (Lipinski definition) is 3. The summed E-state index contributed by atoms with van der Waals surface area (Å²) in [5, 5.41) is 37.3. The lowest BCUT2D eigenvalue weighted by Crippen LogP contribution is -2.78. The van der Waals surface area contributed by atoms with Gasteiger partial charge in [-0.15, -0.1) is 0 Å². The van der Waals surface area contributed by atoms with Crippen molar-refractivity contribution in [3.8, 4) is 5.75 Å². The van der Waals surface area contributed by atoms with E-state index in [9.17, 15) is 15.3 Å². The average Bonchev–Trinajstić information content (AvgIpc) is 3.12. The Morgan fingerprint density at radius 3 is 2.54 bits per heavy atom. The fraction of sp³-hybridized carbons (Fsp3) is 0.806. The lowest BCUT2D eigenvalue weighted by molar-refractivity contribution is -0.431. The van der Waals surface area contributed by atoms with Crippen LogP contribution in [-0.4, -0.2) is 51.9 Å². The van der Waals surface area contributed by atoms with Gasteiger partial charge in [0.2, 0.25) is 0 Å². The summed E-state index contributed by atoms with van der Waals surface area (Å²) >= 11 is 0. The first-order chi connectivity index (χ1) is 17.4. The Labute approximate surface area is 220 Å². The molecule has 1 aliphatic heterocycles. The van der Waals surface area contributed by atoms with Crippen molar-refractivity contribution < 1.29 is 29.8 Å². The molecule has 2 spiro atoms. The molecule has 9 atom stereocenters. The van der Waals surface area contributed by atoms with Crippen LogP contribution in [0.4, 0.5) is 0 Å². The number of rotatable bonds is 1. The molecule has 3 N–H and O–H groups in total. The van der Waals surface area contributed by atoms with Crippen LogP contribution in [0.3, 0.4) is 0 Å². The Morgan fingerprint density at radius 1 is 0.973 bits per heavy atom. The van der Waals surface area contributed by atoms with Crippen molar-refractivity contribution in [3.63, 3.8) is 0 Å². The third kappa shape index (κ3) is 3.00. The van der Waals surface area contributed by atoms with E-state index < -0.39 is 22.2 Å². The summed E-state index contributed by atoms with van der Waals surface area (Å²) in [6, 6.07) is 6.28. The minimum absolute atomic E-state index is 0.0189. The van der Waals surface area contributed by atoms with Gasteiger partial charge in [-0.05, 0) is 104 Å². The van der Waals surface area contributed by atoms with Crippen LogP contribution in [-0.2, 0) is 16.2 Å². The normalized spacial score (nSPS) is 51.5. The first-order valence-corrected chi connectivity index (χ1v) is 14.5. The highest BCUT2D eigenvalue weighted by atomic mass is 17.2. The van der Waals surface area contributed by atoms with Gasteiger partial charge in [0.25, 0.3) is 0 Å². The van der Waals surface area contributed by atoms with Crippen LogP contribution >= 0.6 is 0 Å². The van der Waals surface area contributed by atoms with E-state index in [-0.39, 0.29) is 34.7 Å². The van der Waals surface area contributed by atoms with Crippen LogP contribution < -0.4 is 4.74 Å². The summed E-state index contributed by atoms with van der Waals surface area (Å²) in [4.78, 5) is 11.8. The molecule has 204 valence electrons. The van der Waals surface area contributed by atoms with Gasteiger partial charge in [0, 0.05) is 17.8 Å². The number of fused-ring (bicyclic) bond motifs is 4. The average molecular weight is 513 g/mol. The zero-order valence-electron chi connectivity index (χ0n) is 22.9. The minimum Gasteiger partial charge on any atom is -0.497 e. The molecule has 1 saturated heterocycles. The third-order valence-corrected chi connectivity index (χ3v) is 12.4. The second-order valence-corrected chi connectivity index (χ2v) is 14.8. The number of hydrogen-bond acceptors (Lipinski definition) is 6. The Kier molecular flexibility index (Phi) is 5.04. The summed E-state index contributed by atoms with van der Waals surface area (Å²) in [5.41, 5.74) is -1.15. The van der Waals surface area contributed by atoms with E-state index in [1.165, 1.54) is 11.1 Å². The molecule has 0 bridgehead atoms. The topological polar surface area (TPSA) is 88.4 Å². The van der Waals surface area contributed by atoms with E-state index in [0.29, 0.717) is 32.3 Å². The monoisotopic (exact) mass is 512 g/mol. The quantitative estimate of drug-likeness (QED) is 0.474. The van der Waals surface area contributed by atoms with Gasteiger partial charge in [0.15, 0.2) is 0 Å². The molecule has 1 unspecified atom stereocenters. The number of aliphatic hydroxyl groups excluding tert-OH is 1. The molecule has 0 amide bonds. The highest BCUT2D eigenvalue weighted by Gasteiger charge is 2.78. The van der Waals surface area contributed by atoms with Crippen molar-refractivity contribution in [2.24, 2.45) is 28.1 Å². The van der Waals surface area contributed by atoms with Crippen molar-refractivity contribution in [3.05, 3.63) is 29.3 Å². The molecule has 6 nitrogen and oxygen atoms in total. The van der Waals surface area contributed by atoms with Crippen molar-refractivity contribution in [2.45, 2.75) is 114 Å². The second kappa shape index (κ2) is 7.51. The van der Waals surface area contributed by atoms with Crippen LogP contribution in [0.25, 0.3) is 0 Å². The van der Waals surface area contributed by atoms with Gasteiger partial charge in [-0.1, -0.05) is 26.8 Å². The van der Waals surface area contributed by atoms with Crippen molar-refractivity contribution in [1.82, 2.24) is 0 Å². The summed E-state index contributed by atoms with van der Waals surface area (Å²) in [6.07, 6.45) is 7.06. The largest absolute Gasteiger partial charge is 0.497 e. The van der Waals surface area contributed by atoms with Crippen molar-refractivity contribution >= 4 is 0 Å². The maximum Gasteiger partial charge on any atom is 0.119 e. The molecule has 1 heterocycles. The molecular weight excluding hydrogens is 468 g/mol. The molecule has 6 heteroatoms. The fourth-order valence-electron chi connectivity index (χ4n) is 11.0. The minimum atomic E-state index is -1.06. The summed E-state index contributed by atoms with van der Waals surface area (Å²) in [7, 11) is 1.69. The number of ether oxygens (including phenoxy) is 1. The van der Waals surface area contributed by atoms with E-state index in [1.54, 1.807) is 7.11 Å². The van der Waals surface area contributed by atoms with Gasteiger partial charge >= 0.3 is 0 Å². The van der Waals surface area contributed by atoms with Crippen LogP contribution in [0.5, 0.6) is 5.75 Å². The lowest BCUT2D eigenvalue weighted by Gasteiger charge is -2.73. The molecule has 7 rings (SSSR count). The van der Waals surface area contributed by atoms with Crippen LogP contribution in [0.15, 0.2) is 18.2 Å². The molecule has 6 aliphatic rings. The van der Waals surface area contributed by atoms with Gasteiger partial charge < -0.3 is 20.1 Å². The van der Waals surface area contributed by atoms with E-state index in [1.807, 2.05) is 6.07 Å². The molecule has 0 radical (unpaired) electrons. The molecule has 1 aromatic carbocycles. The van der Waals surface area contributed by atoms with Crippen molar-refractivity contribution in [2.75, 3.05) is 13.7 Å². The molecular formula is C31H44O6. The number of benzene rings is 1. The van der Waals surface area contributed by atoms with Crippen molar-refractivity contribution in [1.29, 1.82) is 0 Å². The van der Waals surface area contributed by atoms with Crippen LogP contribution in [0, 0.1) is 28.1 Å². The van der Waals surface area contributed by atoms with Gasteiger partial charge in [0.1, 0.15) is 11.4 Å². The smallest absolute Gasteiger partial charge is 0.119 e. The number of aliphatic hydroxyl groups is 3. The van der Waals surface area contributed by atoms with Gasteiger partial charge in [-0.3, -0.25) is 0 Å². The molecule has 5 fully saturated rings. The highest BCUT2D eigenvalue weighted by Crippen LogP contribution is 2.75. The Bertz CT molecular complexity index is 1120. The zero-order chi connectivity index (χ0) is 26.1. The van der Waals surface area contributed by atoms with Gasteiger partial charge in [-0.25, -0.2) is 9.78 Å². The first-order valence-electron chi connectivity index (χ1n) is 14.5. The second-order valence-electron chi connectivity index (χ2n) is 14.8.